The summed E-state index contributed by atoms with van der Waals surface area (Å²) < 4.78 is 18.8. The Hall–Kier alpha value is -3.16. The first-order valence-corrected chi connectivity index (χ1v) is 7.20. The lowest BCUT2D eigenvalue weighted by Gasteiger charge is -2.21. The molecule has 1 aromatic carbocycles. The Morgan fingerprint density at radius 1 is 1.38 bits per heavy atom. The molecule has 0 spiro atoms. The number of aromatic amines is 1. The number of hydrogen-bond donors (Lipinski definition) is 2. The van der Waals surface area contributed by atoms with Crippen molar-refractivity contribution in [1.82, 2.24) is 20.3 Å². The number of carbonyl (C=O) groups excluding carboxylic acids is 1. The first kappa shape index (κ1) is 15.7. The summed E-state index contributed by atoms with van der Waals surface area (Å²) in [5.74, 6) is -1.11. The zero-order chi connectivity index (χ0) is 17.1. The first-order valence-electron chi connectivity index (χ1n) is 7.20. The summed E-state index contributed by atoms with van der Waals surface area (Å²) in [4.78, 5) is 14.1. The van der Waals surface area contributed by atoms with Gasteiger partial charge in [0.25, 0.3) is 5.91 Å². The van der Waals surface area contributed by atoms with Crippen molar-refractivity contribution in [2.24, 2.45) is 0 Å². The van der Waals surface area contributed by atoms with E-state index < -0.39 is 5.82 Å². The Balaban J connectivity index is 1.87. The van der Waals surface area contributed by atoms with Gasteiger partial charge in [0, 0.05) is 29.4 Å². The van der Waals surface area contributed by atoms with Crippen LogP contribution >= 0.6 is 0 Å². The van der Waals surface area contributed by atoms with Crippen LogP contribution in [0.1, 0.15) is 27.3 Å². The number of halogens is 1. The zero-order valence-electron chi connectivity index (χ0n) is 12.9. The summed E-state index contributed by atoms with van der Waals surface area (Å²) in [5.41, 5.74) is 1.95. The number of carbonyl (C=O) groups is 1. The molecule has 3 rings (SSSR count). The van der Waals surface area contributed by atoms with E-state index in [0.717, 1.165) is 11.8 Å². The predicted octanol–water partition coefficient (Wildman–Crippen LogP) is 2.39. The van der Waals surface area contributed by atoms with E-state index >= 15 is 0 Å². The van der Waals surface area contributed by atoms with Gasteiger partial charge in [-0.1, -0.05) is 11.2 Å². The van der Waals surface area contributed by atoms with Crippen molar-refractivity contribution in [3.05, 3.63) is 65.1 Å². The number of phenolic OH excluding ortho intramolecular Hbond substituents is 1. The van der Waals surface area contributed by atoms with E-state index in [0.29, 0.717) is 5.56 Å². The fraction of sp³-hybridized carbons (Fsp3) is 0.188. The molecule has 0 radical (unpaired) electrons. The van der Waals surface area contributed by atoms with Crippen molar-refractivity contribution in [2.75, 3.05) is 0 Å². The molecule has 8 heteroatoms. The molecule has 24 heavy (non-hydrogen) atoms. The first-order chi connectivity index (χ1) is 11.5. The van der Waals surface area contributed by atoms with Gasteiger partial charge in [-0.15, -0.1) is 0 Å². The number of nitrogens with zero attached hydrogens (tertiary/aromatic N) is 3. The van der Waals surface area contributed by atoms with Crippen LogP contribution in [0.4, 0.5) is 4.39 Å². The molecule has 3 aromatic rings. The molecule has 0 bridgehead atoms. The van der Waals surface area contributed by atoms with Gasteiger partial charge in [-0.3, -0.25) is 9.89 Å². The zero-order valence-corrected chi connectivity index (χ0v) is 12.9. The van der Waals surface area contributed by atoms with Crippen LogP contribution in [0.5, 0.6) is 5.75 Å². The van der Waals surface area contributed by atoms with Gasteiger partial charge in [0.1, 0.15) is 23.5 Å². The standard InChI is InChI=1S/C16H15FN4O3/c1-10-4-15(20-19-10)16(23)21(7-11-6-18-24-9-11)8-12-2-3-13(22)5-14(12)17/h2-6,9,22H,7-8H2,1H3,(H,19,20). The van der Waals surface area contributed by atoms with E-state index in [1.54, 1.807) is 13.0 Å². The van der Waals surface area contributed by atoms with Gasteiger partial charge in [-0.2, -0.15) is 5.10 Å². The van der Waals surface area contributed by atoms with Crippen LogP contribution in [0.25, 0.3) is 0 Å². The normalized spacial score (nSPS) is 10.8. The number of aromatic hydroxyl groups is 1. The van der Waals surface area contributed by atoms with E-state index in [1.807, 2.05) is 0 Å². The summed E-state index contributed by atoms with van der Waals surface area (Å²) in [7, 11) is 0. The molecule has 2 aromatic heterocycles. The van der Waals surface area contributed by atoms with Crippen LogP contribution in [0.15, 0.2) is 41.2 Å². The second kappa shape index (κ2) is 6.53. The van der Waals surface area contributed by atoms with Gasteiger partial charge >= 0.3 is 0 Å². The third kappa shape index (κ3) is 3.43. The van der Waals surface area contributed by atoms with E-state index in [4.69, 9.17) is 4.52 Å². The van der Waals surface area contributed by atoms with E-state index in [2.05, 4.69) is 15.4 Å². The van der Waals surface area contributed by atoms with Crippen molar-refractivity contribution >= 4 is 5.91 Å². The van der Waals surface area contributed by atoms with Crippen LogP contribution in [0.3, 0.4) is 0 Å². The number of amides is 1. The molecule has 1 amide bonds. The summed E-state index contributed by atoms with van der Waals surface area (Å²) in [6.07, 6.45) is 2.91. The van der Waals surface area contributed by atoms with Gasteiger partial charge in [0.2, 0.25) is 0 Å². The molecule has 2 N–H and O–H groups in total. The number of rotatable bonds is 5. The SMILES string of the molecule is Cc1cc(C(=O)N(Cc2cnoc2)Cc2ccc(O)cc2F)n[nH]1. The minimum atomic E-state index is -0.587. The monoisotopic (exact) mass is 330 g/mol. The van der Waals surface area contributed by atoms with Crippen LogP contribution in [0.2, 0.25) is 0 Å². The lowest BCUT2D eigenvalue weighted by atomic mass is 10.1. The number of benzene rings is 1. The Labute approximate surface area is 136 Å². The minimum Gasteiger partial charge on any atom is -0.508 e. The second-order valence-electron chi connectivity index (χ2n) is 5.41. The number of nitrogens with one attached hydrogen (secondary N) is 1. The van der Waals surface area contributed by atoms with E-state index in [-0.39, 0.29) is 36.0 Å². The van der Waals surface area contributed by atoms with Gasteiger partial charge in [0.15, 0.2) is 0 Å². The van der Waals surface area contributed by atoms with Gasteiger partial charge < -0.3 is 14.5 Å². The Morgan fingerprint density at radius 3 is 2.83 bits per heavy atom. The van der Waals surface area contributed by atoms with Crippen LogP contribution < -0.4 is 0 Å². The van der Waals surface area contributed by atoms with Crippen molar-refractivity contribution in [3.63, 3.8) is 0 Å². The summed E-state index contributed by atoms with van der Waals surface area (Å²) >= 11 is 0. The molecule has 0 unspecified atom stereocenters. The quantitative estimate of drug-likeness (QED) is 0.749. The third-order valence-corrected chi connectivity index (χ3v) is 3.47. The van der Waals surface area contributed by atoms with Gasteiger partial charge in [-0.05, 0) is 19.1 Å². The maximum atomic E-state index is 14.0. The summed E-state index contributed by atoms with van der Waals surface area (Å²) in [5, 5.41) is 19.6. The van der Waals surface area contributed by atoms with Gasteiger partial charge in [-0.25, -0.2) is 4.39 Å². The van der Waals surface area contributed by atoms with Crippen LogP contribution in [0, 0.1) is 12.7 Å². The third-order valence-electron chi connectivity index (χ3n) is 3.47. The molecular formula is C16H15FN4O3. The average Bonchev–Trinajstić information content (AvgIpc) is 3.20. The average molecular weight is 330 g/mol. The maximum Gasteiger partial charge on any atom is 0.274 e. The number of hydrogen-bond acceptors (Lipinski definition) is 5. The molecule has 0 atom stereocenters. The van der Waals surface area contributed by atoms with Crippen molar-refractivity contribution in [3.8, 4) is 5.75 Å². The van der Waals surface area contributed by atoms with Crippen molar-refractivity contribution < 1.29 is 18.8 Å². The van der Waals surface area contributed by atoms with Crippen LogP contribution in [-0.2, 0) is 13.1 Å². The highest BCUT2D eigenvalue weighted by molar-refractivity contribution is 5.92. The summed E-state index contributed by atoms with van der Waals surface area (Å²) in [6, 6.07) is 5.44. The largest absolute Gasteiger partial charge is 0.508 e. The fourth-order valence-corrected chi connectivity index (χ4v) is 2.28. The molecule has 0 aliphatic rings. The Bertz CT molecular complexity index is 845. The fourth-order valence-electron chi connectivity index (χ4n) is 2.28. The molecule has 7 nitrogen and oxygen atoms in total. The number of H-pyrrole nitrogens is 1. The molecule has 0 aliphatic heterocycles. The lowest BCUT2D eigenvalue weighted by Crippen LogP contribution is -2.30. The minimum absolute atomic E-state index is 0.0159. The highest BCUT2D eigenvalue weighted by Crippen LogP contribution is 2.19. The Kier molecular flexibility index (Phi) is 4.28. The van der Waals surface area contributed by atoms with Crippen molar-refractivity contribution in [1.29, 1.82) is 0 Å². The number of phenols is 1. The second-order valence-corrected chi connectivity index (χ2v) is 5.41. The Morgan fingerprint density at radius 2 is 2.21 bits per heavy atom. The smallest absolute Gasteiger partial charge is 0.274 e. The molecule has 0 saturated heterocycles. The highest BCUT2D eigenvalue weighted by Gasteiger charge is 2.21. The lowest BCUT2D eigenvalue weighted by molar-refractivity contribution is 0.0722. The highest BCUT2D eigenvalue weighted by atomic mass is 19.1. The molecule has 0 saturated carbocycles. The maximum absolute atomic E-state index is 14.0. The topological polar surface area (TPSA) is 95.2 Å². The molecule has 124 valence electrons. The van der Waals surface area contributed by atoms with Gasteiger partial charge in [0.05, 0.1) is 12.7 Å². The molecule has 2 heterocycles. The number of aryl methyl sites for hydroxylation is 1. The molecule has 0 fully saturated rings. The summed E-state index contributed by atoms with van der Waals surface area (Å²) in [6.45, 7) is 1.99. The van der Waals surface area contributed by atoms with E-state index in [1.165, 1.54) is 29.5 Å². The number of aromatic nitrogens is 3. The van der Waals surface area contributed by atoms with Crippen molar-refractivity contribution in [2.45, 2.75) is 20.0 Å². The predicted molar refractivity (Wildman–Crippen MR) is 81.5 cm³/mol. The molecule has 0 aliphatic carbocycles. The molecular weight excluding hydrogens is 315 g/mol. The van der Waals surface area contributed by atoms with E-state index in [9.17, 15) is 14.3 Å². The van der Waals surface area contributed by atoms with Crippen LogP contribution in [-0.4, -0.2) is 31.3 Å².